The van der Waals surface area contributed by atoms with E-state index in [0.29, 0.717) is 11.6 Å². The number of nitrogens with one attached hydrogen (secondary N) is 2. The van der Waals surface area contributed by atoms with Gasteiger partial charge in [-0.05, 0) is 36.6 Å². The summed E-state index contributed by atoms with van der Waals surface area (Å²) in [7, 11) is 1.67. The van der Waals surface area contributed by atoms with Crippen molar-refractivity contribution in [2.45, 2.75) is 12.8 Å². The van der Waals surface area contributed by atoms with Gasteiger partial charge in [-0.2, -0.15) is 10.1 Å². The Morgan fingerprint density at radius 2 is 1.96 bits per heavy atom. The van der Waals surface area contributed by atoms with E-state index in [2.05, 4.69) is 37.6 Å². The Morgan fingerprint density at radius 1 is 1.13 bits per heavy atom. The van der Waals surface area contributed by atoms with E-state index in [1.54, 1.807) is 19.4 Å². The third kappa shape index (κ3) is 3.97. The van der Waals surface area contributed by atoms with Crippen molar-refractivity contribution >= 4 is 17.6 Å². The number of hydrogen-bond acceptors (Lipinski definition) is 6. The summed E-state index contributed by atoms with van der Waals surface area (Å²) in [4.78, 5) is 7.93. The summed E-state index contributed by atoms with van der Waals surface area (Å²) in [5, 5.41) is 10.3. The van der Waals surface area contributed by atoms with Crippen LogP contribution < -0.4 is 15.8 Å². The zero-order chi connectivity index (χ0) is 16.1. The zero-order valence-electron chi connectivity index (χ0n) is 12.8. The smallest absolute Gasteiger partial charge is 0.221 e. The molecule has 3 aromatic rings. The highest BCUT2D eigenvalue weighted by Crippen LogP contribution is 2.16. The summed E-state index contributed by atoms with van der Waals surface area (Å²) < 4.78 is 5.16. The molecule has 1 aromatic carbocycles. The van der Waals surface area contributed by atoms with Crippen molar-refractivity contribution in [2.24, 2.45) is 0 Å². The molecular formula is C16H18N6O. The van der Waals surface area contributed by atoms with Gasteiger partial charge >= 0.3 is 0 Å². The second-order valence-corrected chi connectivity index (χ2v) is 5.05. The predicted molar refractivity (Wildman–Crippen MR) is 88.7 cm³/mol. The normalized spacial score (nSPS) is 10.5. The van der Waals surface area contributed by atoms with Crippen molar-refractivity contribution < 1.29 is 4.74 Å². The molecule has 0 amide bonds. The van der Waals surface area contributed by atoms with Gasteiger partial charge in [0.15, 0.2) is 5.82 Å². The van der Waals surface area contributed by atoms with Crippen LogP contribution in [0.5, 0.6) is 5.75 Å². The van der Waals surface area contributed by atoms with Crippen LogP contribution in [-0.2, 0) is 12.8 Å². The van der Waals surface area contributed by atoms with Crippen molar-refractivity contribution in [1.82, 2.24) is 20.2 Å². The number of nitrogens with two attached hydrogens (primary N) is 1. The SMILES string of the molecule is COc1ccc(CCc2cc(Nc3ccnc(N)n3)n[nH]2)cc1. The monoisotopic (exact) mass is 310 g/mol. The average molecular weight is 310 g/mol. The molecule has 7 nitrogen and oxygen atoms in total. The number of H-pyrrole nitrogens is 1. The number of methoxy groups -OCH3 is 1. The molecule has 7 heteroatoms. The fraction of sp³-hybridized carbons (Fsp3) is 0.188. The third-order valence-electron chi connectivity index (χ3n) is 3.40. The Bertz CT molecular complexity index is 768. The molecule has 0 saturated carbocycles. The molecule has 0 atom stereocenters. The van der Waals surface area contributed by atoms with Gasteiger partial charge in [0.1, 0.15) is 11.6 Å². The van der Waals surface area contributed by atoms with E-state index in [-0.39, 0.29) is 5.95 Å². The summed E-state index contributed by atoms with van der Waals surface area (Å²) in [6.45, 7) is 0. The summed E-state index contributed by atoms with van der Waals surface area (Å²) >= 11 is 0. The Hall–Kier alpha value is -3.09. The number of benzene rings is 1. The molecule has 23 heavy (non-hydrogen) atoms. The lowest BCUT2D eigenvalue weighted by molar-refractivity contribution is 0.414. The molecule has 0 saturated heterocycles. The van der Waals surface area contributed by atoms with Crippen LogP contribution in [0, 0.1) is 0 Å². The Labute approximate surface area is 133 Å². The number of hydrogen-bond donors (Lipinski definition) is 3. The van der Waals surface area contributed by atoms with Gasteiger partial charge in [-0.15, -0.1) is 0 Å². The van der Waals surface area contributed by atoms with Crippen LogP contribution in [0.4, 0.5) is 17.6 Å². The average Bonchev–Trinajstić information content (AvgIpc) is 3.01. The molecule has 0 aliphatic rings. The van der Waals surface area contributed by atoms with E-state index in [1.165, 1.54) is 5.56 Å². The maximum atomic E-state index is 5.55. The first-order valence-electron chi connectivity index (χ1n) is 7.26. The van der Waals surface area contributed by atoms with Crippen molar-refractivity contribution in [1.29, 1.82) is 0 Å². The molecule has 0 radical (unpaired) electrons. The van der Waals surface area contributed by atoms with E-state index in [9.17, 15) is 0 Å². The maximum Gasteiger partial charge on any atom is 0.221 e. The molecule has 0 fully saturated rings. The van der Waals surface area contributed by atoms with Crippen LogP contribution in [0.1, 0.15) is 11.3 Å². The number of rotatable bonds is 6. The second-order valence-electron chi connectivity index (χ2n) is 5.05. The van der Waals surface area contributed by atoms with Gasteiger partial charge in [0.05, 0.1) is 7.11 Å². The summed E-state index contributed by atoms with van der Waals surface area (Å²) in [6.07, 6.45) is 3.39. The lowest BCUT2D eigenvalue weighted by Crippen LogP contribution is -1.99. The lowest BCUT2D eigenvalue weighted by atomic mass is 10.1. The largest absolute Gasteiger partial charge is 0.497 e. The number of aromatic amines is 1. The van der Waals surface area contributed by atoms with Gasteiger partial charge in [-0.25, -0.2) is 4.98 Å². The quantitative estimate of drug-likeness (QED) is 0.646. The zero-order valence-corrected chi connectivity index (χ0v) is 12.8. The fourth-order valence-corrected chi connectivity index (χ4v) is 2.20. The predicted octanol–water partition coefficient (Wildman–Crippen LogP) is 2.32. The van der Waals surface area contributed by atoms with Gasteiger partial charge in [0.2, 0.25) is 5.95 Å². The van der Waals surface area contributed by atoms with Gasteiger partial charge in [-0.3, -0.25) is 5.10 Å². The minimum absolute atomic E-state index is 0.227. The van der Waals surface area contributed by atoms with Gasteiger partial charge in [-0.1, -0.05) is 12.1 Å². The van der Waals surface area contributed by atoms with Gasteiger partial charge in [0, 0.05) is 18.0 Å². The number of anilines is 3. The third-order valence-corrected chi connectivity index (χ3v) is 3.40. The van der Waals surface area contributed by atoms with Crippen molar-refractivity contribution in [3.8, 4) is 5.75 Å². The minimum atomic E-state index is 0.227. The van der Waals surface area contributed by atoms with E-state index >= 15 is 0 Å². The Morgan fingerprint density at radius 3 is 2.70 bits per heavy atom. The first-order chi connectivity index (χ1) is 11.2. The molecular weight excluding hydrogens is 292 g/mol. The highest BCUT2D eigenvalue weighted by atomic mass is 16.5. The topological polar surface area (TPSA) is 102 Å². The van der Waals surface area contributed by atoms with Crippen LogP contribution in [0.25, 0.3) is 0 Å². The minimum Gasteiger partial charge on any atom is -0.497 e. The van der Waals surface area contributed by atoms with E-state index in [1.807, 2.05) is 18.2 Å². The van der Waals surface area contributed by atoms with E-state index in [0.717, 1.165) is 24.3 Å². The molecule has 3 rings (SSSR count). The lowest BCUT2D eigenvalue weighted by Gasteiger charge is -2.02. The molecule has 2 heterocycles. The van der Waals surface area contributed by atoms with Crippen molar-refractivity contribution in [3.05, 3.63) is 53.9 Å². The number of nitrogens with zero attached hydrogens (tertiary/aromatic N) is 3. The number of nitrogen functional groups attached to an aromatic ring is 1. The molecule has 0 bridgehead atoms. The van der Waals surface area contributed by atoms with Crippen LogP contribution in [0.2, 0.25) is 0 Å². The molecule has 118 valence electrons. The summed E-state index contributed by atoms with van der Waals surface area (Å²) in [5.74, 6) is 2.41. The number of aromatic nitrogens is 4. The van der Waals surface area contributed by atoms with E-state index < -0.39 is 0 Å². The molecule has 2 aromatic heterocycles. The van der Waals surface area contributed by atoms with Crippen LogP contribution >= 0.6 is 0 Å². The standard InChI is InChI=1S/C16H18N6O/c1-23-13-6-3-11(4-7-13)2-5-12-10-15(22-21-12)19-14-8-9-18-16(17)20-14/h3-4,6-10H,2,5H2,1H3,(H4,17,18,19,20,21,22). The van der Waals surface area contributed by atoms with Crippen LogP contribution in [0.3, 0.4) is 0 Å². The Balaban J connectivity index is 1.58. The number of aryl methyl sites for hydroxylation is 2. The Kier molecular flexibility index (Phi) is 4.37. The fourth-order valence-electron chi connectivity index (χ4n) is 2.20. The number of ether oxygens (including phenoxy) is 1. The first-order valence-corrected chi connectivity index (χ1v) is 7.26. The molecule has 4 N–H and O–H groups in total. The highest BCUT2D eigenvalue weighted by Gasteiger charge is 2.04. The molecule has 0 aliphatic heterocycles. The van der Waals surface area contributed by atoms with Gasteiger partial charge < -0.3 is 15.8 Å². The first kappa shape index (κ1) is 14.8. The van der Waals surface area contributed by atoms with Crippen molar-refractivity contribution in [2.75, 3.05) is 18.2 Å². The van der Waals surface area contributed by atoms with Crippen LogP contribution in [-0.4, -0.2) is 27.3 Å². The summed E-state index contributed by atoms with van der Waals surface area (Å²) in [5.41, 5.74) is 7.85. The highest BCUT2D eigenvalue weighted by molar-refractivity contribution is 5.52. The second kappa shape index (κ2) is 6.78. The van der Waals surface area contributed by atoms with Crippen molar-refractivity contribution in [3.63, 3.8) is 0 Å². The maximum absolute atomic E-state index is 5.55. The molecule has 0 aliphatic carbocycles. The molecule has 0 spiro atoms. The van der Waals surface area contributed by atoms with E-state index in [4.69, 9.17) is 10.5 Å². The summed E-state index contributed by atoms with van der Waals surface area (Å²) in [6, 6.07) is 11.8. The van der Waals surface area contributed by atoms with Gasteiger partial charge in [0.25, 0.3) is 0 Å². The van der Waals surface area contributed by atoms with Crippen LogP contribution in [0.15, 0.2) is 42.6 Å². The molecule has 0 unspecified atom stereocenters.